The molecule has 1 aliphatic heterocycles. The van der Waals surface area contributed by atoms with E-state index < -0.39 is 41.8 Å². The number of rotatable bonds is 9. The van der Waals surface area contributed by atoms with Crippen LogP contribution in [0.1, 0.15) is 111 Å². The average Bonchev–Trinajstić information content (AvgIpc) is 3.26. The number of ether oxygens (including phenoxy) is 1. The summed E-state index contributed by atoms with van der Waals surface area (Å²) in [5.74, 6) is -4.61. The molecule has 3 saturated carbocycles. The number of fused-ring (bicyclic) bond motifs is 1. The molecular formula is C33H48N2O8. The van der Waals surface area contributed by atoms with Gasteiger partial charge in [0.1, 0.15) is 6.10 Å². The predicted octanol–water partition coefficient (Wildman–Crippen LogP) is 3.00. The summed E-state index contributed by atoms with van der Waals surface area (Å²) in [4.78, 5) is 43.5. The van der Waals surface area contributed by atoms with Crippen LogP contribution in [0.2, 0.25) is 0 Å². The molecule has 3 aliphatic carbocycles. The lowest BCUT2D eigenvalue weighted by atomic mass is 9.61. The van der Waals surface area contributed by atoms with Crippen LogP contribution in [0.3, 0.4) is 0 Å². The van der Waals surface area contributed by atoms with Crippen molar-refractivity contribution >= 4 is 17.7 Å². The number of nitrogens with zero attached hydrogens (tertiary/aromatic N) is 2. The molecule has 1 aromatic rings. The van der Waals surface area contributed by atoms with Crippen molar-refractivity contribution in [3.63, 3.8) is 0 Å². The van der Waals surface area contributed by atoms with Crippen molar-refractivity contribution in [1.82, 2.24) is 9.80 Å². The minimum absolute atomic E-state index is 0.133. The van der Waals surface area contributed by atoms with Crippen molar-refractivity contribution in [1.29, 1.82) is 0 Å². The Balaban J connectivity index is 1.39. The minimum atomic E-state index is -2.29. The van der Waals surface area contributed by atoms with Crippen LogP contribution in [0.15, 0.2) is 24.3 Å². The lowest BCUT2D eigenvalue weighted by Crippen LogP contribution is -2.72. The SMILES string of the molecule is CO[C@]1(O)CC(O)(C(=O)N(C(C)CCCN2C(=O)c3ccccc3C2=O)C2CCCCC2)C(C2CCCCC2)[C@@H](O)C1O. The largest absolute Gasteiger partial charge is 0.390 e. The van der Waals surface area contributed by atoms with E-state index in [2.05, 4.69) is 0 Å². The standard InChI is InChI=1S/C33H48N2O8/c1-21(12-11-19-34-29(38)24-17-9-10-18-25(24)30(34)39)35(23-15-7-4-8-16-23)31(40)32(41)20-33(42,43-2)28(37)27(36)26(32)22-13-5-3-6-14-22/h9-10,17-18,21-23,26-28,36-37,41-42H,3-8,11-16,19-20H2,1-2H3/t21?,26?,27-,28?,32?,33-/m1/s1. The molecule has 5 rings (SSSR count). The molecule has 1 heterocycles. The molecule has 0 spiro atoms. The number of carbonyl (C=O) groups is 3. The van der Waals surface area contributed by atoms with Crippen LogP contribution in [-0.4, -0.2) is 97.3 Å². The van der Waals surface area contributed by atoms with Crippen molar-refractivity contribution in [3.05, 3.63) is 35.4 Å². The summed E-state index contributed by atoms with van der Waals surface area (Å²) in [6.45, 7) is 2.14. The zero-order chi connectivity index (χ0) is 30.9. The fraction of sp³-hybridized carbons (Fsp3) is 0.727. The molecule has 238 valence electrons. The first kappa shape index (κ1) is 32.0. The van der Waals surface area contributed by atoms with Crippen LogP contribution in [0.5, 0.6) is 0 Å². The summed E-state index contributed by atoms with van der Waals surface area (Å²) in [6, 6.07) is 6.30. The smallest absolute Gasteiger partial charge is 0.261 e. The third-order valence-corrected chi connectivity index (χ3v) is 10.7. The molecule has 43 heavy (non-hydrogen) atoms. The van der Waals surface area contributed by atoms with Crippen LogP contribution in [0, 0.1) is 11.8 Å². The first-order valence-electron chi connectivity index (χ1n) is 16.2. The van der Waals surface area contributed by atoms with Crippen molar-refractivity contribution in [3.8, 4) is 0 Å². The third-order valence-electron chi connectivity index (χ3n) is 10.7. The third kappa shape index (κ3) is 5.89. The van der Waals surface area contributed by atoms with Gasteiger partial charge in [0.2, 0.25) is 0 Å². The van der Waals surface area contributed by atoms with Gasteiger partial charge < -0.3 is 30.1 Å². The molecule has 4 aliphatic rings. The van der Waals surface area contributed by atoms with Crippen molar-refractivity contribution in [2.24, 2.45) is 11.8 Å². The Hall–Kier alpha value is -2.37. The molecule has 4 unspecified atom stereocenters. The van der Waals surface area contributed by atoms with Crippen molar-refractivity contribution in [2.75, 3.05) is 13.7 Å². The summed E-state index contributed by atoms with van der Waals surface area (Å²) in [5, 5.41) is 45.9. The lowest BCUT2D eigenvalue weighted by Gasteiger charge is -2.55. The number of imide groups is 1. The quantitative estimate of drug-likeness (QED) is 0.250. The monoisotopic (exact) mass is 600 g/mol. The molecule has 1 aromatic carbocycles. The number of hydrogen-bond donors (Lipinski definition) is 4. The van der Waals surface area contributed by atoms with Gasteiger partial charge in [0.25, 0.3) is 17.7 Å². The normalized spacial score (nSPS) is 33.0. The Morgan fingerprint density at radius 2 is 1.53 bits per heavy atom. The van der Waals surface area contributed by atoms with Gasteiger partial charge >= 0.3 is 0 Å². The highest BCUT2D eigenvalue weighted by atomic mass is 16.6. The van der Waals surface area contributed by atoms with E-state index in [4.69, 9.17) is 4.74 Å². The van der Waals surface area contributed by atoms with Gasteiger partial charge in [-0.15, -0.1) is 0 Å². The van der Waals surface area contributed by atoms with Gasteiger partial charge in [-0.3, -0.25) is 19.3 Å². The van der Waals surface area contributed by atoms with Gasteiger partial charge in [-0.05, 0) is 63.5 Å². The predicted molar refractivity (Wildman–Crippen MR) is 158 cm³/mol. The molecule has 6 atom stereocenters. The van der Waals surface area contributed by atoms with E-state index in [9.17, 15) is 34.8 Å². The van der Waals surface area contributed by atoms with Gasteiger partial charge in [0, 0.05) is 38.1 Å². The van der Waals surface area contributed by atoms with Crippen LogP contribution in [0.4, 0.5) is 0 Å². The molecule has 10 heteroatoms. The molecule has 4 N–H and O–H groups in total. The maximum Gasteiger partial charge on any atom is 0.261 e. The summed E-state index contributed by atoms with van der Waals surface area (Å²) in [7, 11) is 1.20. The summed E-state index contributed by atoms with van der Waals surface area (Å²) in [5.41, 5.74) is -1.35. The number of hydrogen-bond acceptors (Lipinski definition) is 8. The zero-order valence-electron chi connectivity index (χ0n) is 25.5. The molecule has 0 radical (unpaired) electrons. The van der Waals surface area contributed by atoms with Gasteiger partial charge in [-0.2, -0.15) is 0 Å². The molecule has 10 nitrogen and oxygen atoms in total. The first-order valence-corrected chi connectivity index (χ1v) is 16.2. The number of aliphatic hydroxyl groups excluding tert-OH is 2. The highest BCUT2D eigenvalue weighted by Gasteiger charge is 2.65. The summed E-state index contributed by atoms with van der Waals surface area (Å²) < 4.78 is 5.24. The van der Waals surface area contributed by atoms with E-state index in [1.165, 1.54) is 12.0 Å². The zero-order valence-corrected chi connectivity index (χ0v) is 25.5. The van der Waals surface area contributed by atoms with E-state index in [1.807, 2.05) is 6.92 Å². The molecule has 3 fully saturated rings. The highest BCUT2D eigenvalue weighted by molar-refractivity contribution is 6.21. The van der Waals surface area contributed by atoms with Gasteiger partial charge in [-0.1, -0.05) is 50.7 Å². The highest BCUT2D eigenvalue weighted by Crippen LogP contribution is 2.49. The summed E-state index contributed by atoms with van der Waals surface area (Å²) >= 11 is 0. The number of methoxy groups -OCH3 is 1. The van der Waals surface area contributed by atoms with Crippen LogP contribution in [0.25, 0.3) is 0 Å². The molecular weight excluding hydrogens is 552 g/mol. The Bertz CT molecular complexity index is 1150. The summed E-state index contributed by atoms with van der Waals surface area (Å²) in [6.07, 6.45) is 5.99. The Morgan fingerprint density at radius 3 is 2.09 bits per heavy atom. The number of amides is 3. The van der Waals surface area contributed by atoms with Crippen molar-refractivity contribution < 1.29 is 39.5 Å². The maximum atomic E-state index is 14.7. The topological polar surface area (TPSA) is 148 Å². The number of benzene rings is 1. The van der Waals surface area contributed by atoms with Crippen LogP contribution >= 0.6 is 0 Å². The lowest BCUT2D eigenvalue weighted by molar-refractivity contribution is -0.325. The van der Waals surface area contributed by atoms with E-state index in [-0.39, 0.29) is 36.4 Å². The Morgan fingerprint density at radius 1 is 0.977 bits per heavy atom. The molecule has 3 amide bonds. The second kappa shape index (κ2) is 12.9. The average molecular weight is 601 g/mol. The second-order valence-corrected chi connectivity index (χ2v) is 13.3. The van der Waals surface area contributed by atoms with E-state index in [0.717, 1.165) is 51.4 Å². The number of carbonyl (C=O) groups excluding carboxylic acids is 3. The maximum absolute atomic E-state index is 14.7. The fourth-order valence-electron chi connectivity index (χ4n) is 8.36. The van der Waals surface area contributed by atoms with Crippen LogP contribution in [-0.2, 0) is 9.53 Å². The van der Waals surface area contributed by atoms with Gasteiger partial charge in [-0.25, -0.2) is 0 Å². The van der Waals surface area contributed by atoms with Crippen molar-refractivity contribution in [2.45, 2.75) is 126 Å². The second-order valence-electron chi connectivity index (χ2n) is 13.3. The molecule has 0 bridgehead atoms. The van der Waals surface area contributed by atoms with E-state index in [1.54, 1.807) is 29.2 Å². The molecule has 0 saturated heterocycles. The first-order chi connectivity index (χ1) is 20.5. The van der Waals surface area contributed by atoms with E-state index >= 15 is 0 Å². The minimum Gasteiger partial charge on any atom is -0.390 e. The Kier molecular flexibility index (Phi) is 9.63. The van der Waals surface area contributed by atoms with Gasteiger partial charge in [0.15, 0.2) is 11.4 Å². The number of aliphatic hydroxyl groups is 4. The van der Waals surface area contributed by atoms with Gasteiger partial charge in [0.05, 0.1) is 17.2 Å². The van der Waals surface area contributed by atoms with E-state index in [0.29, 0.717) is 36.8 Å². The fourth-order valence-corrected chi connectivity index (χ4v) is 8.36. The molecule has 0 aromatic heterocycles. The van der Waals surface area contributed by atoms with Crippen LogP contribution < -0.4 is 0 Å². The Labute approximate surface area is 254 Å².